The molecule has 1 amide bonds. The Hall–Kier alpha value is -2.02. The molecule has 1 saturated heterocycles. The van der Waals surface area contributed by atoms with Crippen LogP contribution < -0.4 is 15.9 Å². The molecule has 0 radical (unpaired) electrons. The van der Waals surface area contributed by atoms with Crippen LogP contribution in [0.2, 0.25) is 0 Å². The van der Waals surface area contributed by atoms with Crippen molar-refractivity contribution in [1.29, 1.82) is 0 Å². The lowest BCUT2D eigenvalue weighted by atomic mass is 9.73. The summed E-state index contributed by atoms with van der Waals surface area (Å²) in [6, 6.07) is 5.91. The summed E-state index contributed by atoms with van der Waals surface area (Å²) in [4.78, 5) is 19.1. The van der Waals surface area contributed by atoms with Gasteiger partial charge in [0.25, 0.3) is 5.91 Å². The molecule has 2 atom stereocenters. The molecule has 0 bridgehead atoms. The third kappa shape index (κ3) is 1.99. The number of aliphatic imine (C=N–C) groups is 1. The summed E-state index contributed by atoms with van der Waals surface area (Å²) in [7, 11) is 3.67. The third-order valence-corrected chi connectivity index (χ3v) is 5.08. The first-order valence-corrected chi connectivity index (χ1v) is 7.97. The van der Waals surface area contributed by atoms with Crippen LogP contribution in [0.5, 0.6) is 5.75 Å². The molecule has 1 fully saturated rings. The van der Waals surface area contributed by atoms with E-state index in [0.717, 1.165) is 30.5 Å². The monoisotopic (exact) mass is 313 g/mol. The van der Waals surface area contributed by atoms with Crippen LogP contribution in [-0.4, -0.2) is 50.5 Å². The van der Waals surface area contributed by atoms with Gasteiger partial charge in [0.05, 0.1) is 6.61 Å². The number of ether oxygens (including phenoxy) is 2. The first kappa shape index (κ1) is 14.6. The number of carbonyl (C=O) groups is 1. The van der Waals surface area contributed by atoms with Crippen LogP contribution in [-0.2, 0) is 15.1 Å². The van der Waals surface area contributed by atoms with Crippen molar-refractivity contribution in [3.05, 3.63) is 23.8 Å². The summed E-state index contributed by atoms with van der Waals surface area (Å²) >= 11 is 0. The van der Waals surface area contributed by atoms with Crippen molar-refractivity contribution in [2.24, 2.45) is 10.7 Å². The van der Waals surface area contributed by atoms with E-state index in [1.807, 2.05) is 26.0 Å². The molecule has 23 heavy (non-hydrogen) atoms. The van der Waals surface area contributed by atoms with Gasteiger partial charge in [-0.1, -0.05) is 17.6 Å². The van der Waals surface area contributed by atoms with Gasteiger partial charge in [0.2, 0.25) is 0 Å². The van der Waals surface area contributed by atoms with E-state index < -0.39 is 11.1 Å². The molecule has 1 aromatic carbocycles. The standard InChI is InChI=1S/C16H20BN3O3/c1-20-13(21)16(19-14(20)18)8-15(5-2-6-22-9-15)23-12-4-3-10(17)7-11(12)16/h3-4,7H,2,5-6,8-9,17H2,1H3,(H2,18,19). The summed E-state index contributed by atoms with van der Waals surface area (Å²) in [5.41, 5.74) is 6.35. The Morgan fingerprint density at radius 2 is 2.26 bits per heavy atom. The Bertz CT molecular complexity index is 715. The maximum atomic E-state index is 13.0. The van der Waals surface area contributed by atoms with Crippen LogP contribution in [0.15, 0.2) is 23.2 Å². The zero-order valence-corrected chi connectivity index (χ0v) is 13.5. The zero-order chi connectivity index (χ0) is 16.2. The van der Waals surface area contributed by atoms with Crippen LogP contribution in [0.25, 0.3) is 0 Å². The van der Waals surface area contributed by atoms with E-state index in [9.17, 15) is 4.79 Å². The zero-order valence-electron chi connectivity index (χ0n) is 13.5. The van der Waals surface area contributed by atoms with Gasteiger partial charge in [0.15, 0.2) is 11.5 Å². The second kappa shape index (κ2) is 4.74. The summed E-state index contributed by atoms with van der Waals surface area (Å²) in [5.74, 6) is 0.888. The molecule has 1 aromatic rings. The number of guanidine groups is 1. The average Bonchev–Trinajstić information content (AvgIpc) is 2.74. The number of nitrogens with two attached hydrogens (primary N) is 1. The van der Waals surface area contributed by atoms with Crippen molar-refractivity contribution >= 4 is 25.2 Å². The first-order valence-electron chi connectivity index (χ1n) is 7.97. The fourth-order valence-electron chi connectivity index (χ4n) is 3.92. The molecular formula is C16H20BN3O3. The number of hydrogen-bond acceptors (Lipinski definition) is 5. The Labute approximate surface area is 136 Å². The second-order valence-corrected chi connectivity index (χ2v) is 6.81. The van der Waals surface area contributed by atoms with E-state index >= 15 is 0 Å². The molecule has 0 aliphatic carbocycles. The fraction of sp³-hybridized carbons (Fsp3) is 0.500. The van der Waals surface area contributed by atoms with Crippen molar-refractivity contribution in [1.82, 2.24) is 4.90 Å². The summed E-state index contributed by atoms with van der Waals surface area (Å²) in [6.45, 7) is 1.21. The Morgan fingerprint density at radius 3 is 2.91 bits per heavy atom. The summed E-state index contributed by atoms with van der Waals surface area (Å²) < 4.78 is 12.0. The Balaban J connectivity index is 1.91. The lowest BCUT2D eigenvalue weighted by Crippen LogP contribution is -2.55. The number of hydrogen-bond donors (Lipinski definition) is 1. The third-order valence-electron chi connectivity index (χ3n) is 5.08. The molecule has 6 nitrogen and oxygen atoms in total. The molecule has 3 aliphatic heterocycles. The van der Waals surface area contributed by atoms with E-state index in [1.54, 1.807) is 7.05 Å². The van der Waals surface area contributed by atoms with Gasteiger partial charge >= 0.3 is 0 Å². The molecule has 3 heterocycles. The second-order valence-electron chi connectivity index (χ2n) is 6.81. The molecule has 2 N–H and O–H groups in total. The van der Waals surface area contributed by atoms with Gasteiger partial charge in [-0.05, 0) is 18.9 Å². The van der Waals surface area contributed by atoms with Crippen LogP contribution in [0.1, 0.15) is 24.8 Å². The molecule has 0 aromatic heterocycles. The fourth-order valence-corrected chi connectivity index (χ4v) is 3.92. The number of rotatable bonds is 0. The van der Waals surface area contributed by atoms with E-state index in [2.05, 4.69) is 4.99 Å². The van der Waals surface area contributed by atoms with Crippen molar-refractivity contribution in [2.75, 3.05) is 20.3 Å². The maximum absolute atomic E-state index is 13.0. The van der Waals surface area contributed by atoms with Crippen LogP contribution in [0, 0.1) is 0 Å². The number of benzene rings is 1. The first-order chi connectivity index (χ1) is 11.0. The number of amides is 1. The van der Waals surface area contributed by atoms with Crippen molar-refractivity contribution in [3.63, 3.8) is 0 Å². The van der Waals surface area contributed by atoms with Crippen LogP contribution in [0.4, 0.5) is 0 Å². The lowest BCUT2D eigenvalue weighted by Gasteiger charge is -2.46. The predicted molar refractivity (Wildman–Crippen MR) is 88.7 cm³/mol. The summed E-state index contributed by atoms with van der Waals surface area (Å²) in [6.07, 6.45) is 2.25. The highest BCUT2D eigenvalue weighted by molar-refractivity contribution is 6.32. The maximum Gasteiger partial charge on any atom is 0.261 e. The highest BCUT2D eigenvalue weighted by Crippen LogP contribution is 2.50. The Kier molecular flexibility index (Phi) is 3.00. The topological polar surface area (TPSA) is 77.2 Å². The van der Waals surface area contributed by atoms with E-state index in [1.165, 1.54) is 4.90 Å². The molecule has 0 saturated carbocycles. The van der Waals surface area contributed by atoms with Crippen LogP contribution >= 0.6 is 0 Å². The molecule has 4 rings (SSSR count). The number of nitrogens with zero attached hydrogens (tertiary/aromatic N) is 2. The molecule has 3 aliphatic rings. The number of likely N-dealkylation sites (N-methyl/N-ethyl adjacent to an activating group) is 1. The van der Waals surface area contributed by atoms with Gasteiger partial charge in [-0.25, -0.2) is 4.99 Å². The predicted octanol–water partition coefficient (Wildman–Crippen LogP) is -0.741. The SMILES string of the molecule is Bc1ccc2c(c1)C1(CC3(CCCOC3)O2)N=C(N)N(C)C1=O. The van der Waals surface area contributed by atoms with E-state index in [-0.39, 0.29) is 11.9 Å². The highest BCUT2D eigenvalue weighted by atomic mass is 16.5. The number of carbonyl (C=O) groups excluding carboxylic acids is 1. The largest absolute Gasteiger partial charge is 0.484 e. The molecule has 120 valence electrons. The van der Waals surface area contributed by atoms with Crippen molar-refractivity contribution < 1.29 is 14.3 Å². The highest BCUT2D eigenvalue weighted by Gasteiger charge is 2.58. The normalized spacial score (nSPS) is 32.8. The van der Waals surface area contributed by atoms with Gasteiger partial charge in [-0.2, -0.15) is 0 Å². The smallest absolute Gasteiger partial charge is 0.261 e. The van der Waals surface area contributed by atoms with Gasteiger partial charge < -0.3 is 15.2 Å². The van der Waals surface area contributed by atoms with E-state index in [4.69, 9.17) is 15.2 Å². The molecule has 7 heteroatoms. The van der Waals surface area contributed by atoms with Gasteiger partial charge in [0.1, 0.15) is 19.2 Å². The minimum absolute atomic E-state index is 0.0879. The minimum atomic E-state index is -0.987. The van der Waals surface area contributed by atoms with Gasteiger partial charge in [-0.15, -0.1) is 0 Å². The van der Waals surface area contributed by atoms with Crippen molar-refractivity contribution in [2.45, 2.75) is 30.4 Å². The Morgan fingerprint density at radius 1 is 1.43 bits per heavy atom. The van der Waals surface area contributed by atoms with Crippen molar-refractivity contribution in [3.8, 4) is 5.75 Å². The summed E-state index contributed by atoms with van der Waals surface area (Å²) in [5, 5.41) is 0. The molecular weight excluding hydrogens is 293 g/mol. The molecule has 2 unspecified atom stereocenters. The van der Waals surface area contributed by atoms with Gasteiger partial charge in [-0.3, -0.25) is 9.69 Å². The minimum Gasteiger partial charge on any atom is -0.484 e. The van der Waals surface area contributed by atoms with Crippen LogP contribution in [0.3, 0.4) is 0 Å². The lowest BCUT2D eigenvalue weighted by molar-refractivity contribution is -0.139. The average molecular weight is 313 g/mol. The molecule has 2 spiro atoms. The quantitative estimate of drug-likeness (QED) is 0.640. The van der Waals surface area contributed by atoms with E-state index in [0.29, 0.717) is 18.8 Å². The number of fused-ring (bicyclic) bond motifs is 2. The van der Waals surface area contributed by atoms with Gasteiger partial charge in [0, 0.05) is 25.6 Å².